The zero-order chi connectivity index (χ0) is 16.6. The first-order valence-electron chi connectivity index (χ1n) is 6.50. The third-order valence-corrected chi connectivity index (χ3v) is 4.88. The zero-order valence-corrected chi connectivity index (χ0v) is 12.9. The smallest absolute Gasteiger partial charge is 0.223 e. The van der Waals surface area contributed by atoms with Gasteiger partial charge in [0.05, 0.1) is 17.5 Å². The molecule has 23 heavy (non-hydrogen) atoms. The van der Waals surface area contributed by atoms with Gasteiger partial charge in [-0.15, -0.1) is 0 Å². The van der Waals surface area contributed by atoms with Crippen molar-refractivity contribution in [3.63, 3.8) is 0 Å². The maximum Gasteiger partial charge on any atom is 0.223 e. The molecule has 3 rings (SSSR count). The van der Waals surface area contributed by atoms with Gasteiger partial charge in [-0.3, -0.25) is 0 Å². The number of benzene rings is 1. The van der Waals surface area contributed by atoms with E-state index in [4.69, 9.17) is 16.2 Å². The van der Waals surface area contributed by atoms with E-state index in [2.05, 4.69) is 15.0 Å². The van der Waals surface area contributed by atoms with E-state index in [-0.39, 0.29) is 27.2 Å². The van der Waals surface area contributed by atoms with Crippen molar-refractivity contribution < 1.29 is 13.2 Å². The molecule has 0 aliphatic carbocycles. The molecule has 2 aromatic heterocycles. The van der Waals surface area contributed by atoms with E-state index in [1.807, 2.05) is 0 Å². The van der Waals surface area contributed by atoms with Gasteiger partial charge in [0.2, 0.25) is 15.8 Å². The molecule has 0 spiro atoms. The van der Waals surface area contributed by atoms with Crippen LogP contribution in [0.3, 0.4) is 0 Å². The average Bonchev–Trinajstić information content (AvgIpc) is 2.54. The van der Waals surface area contributed by atoms with Gasteiger partial charge in [-0.25, -0.2) is 18.4 Å². The first kappa shape index (κ1) is 15.0. The number of nitrogens with two attached hydrogens (primary N) is 2. The third kappa shape index (κ3) is 2.61. The SMILES string of the molecule is COc1ccc(S(=O)(=O)c2ccc3nc(N)nc(N)c3n2)cc1. The second-order valence-corrected chi connectivity index (χ2v) is 6.56. The molecule has 0 aliphatic rings. The quantitative estimate of drug-likeness (QED) is 0.726. The molecule has 0 fully saturated rings. The van der Waals surface area contributed by atoms with Crippen molar-refractivity contribution in [3.05, 3.63) is 36.4 Å². The number of nitrogens with zero attached hydrogens (tertiary/aromatic N) is 3. The first-order chi connectivity index (χ1) is 10.9. The second kappa shape index (κ2) is 5.36. The van der Waals surface area contributed by atoms with Crippen LogP contribution in [-0.2, 0) is 9.84 Å². The van der Waals surface area contributed by atoms with Gasteiger partial charge >= 0.3 is 0 Å². The number of fused-ring (bicyclic) bond motifs is 1. The molecule has 0 saturated carbocycles. The summed E-state index contributed by atoms with van der Waals surface area (Å²) in [7, 11) is -2.29. The van der Waals surface area contributed by atoms with E-state index in [1.165, 1.54) is 31.4 Å². The maximum atomic E-state index is 12.6. The summed E-state index contributed by atoms with van der Waals surface area (Å²) in [5.74, 6) is 0.588. The summed E-state index contributed by atoms with van der Waals surface area (Å²) in [4.78, 5) is 11.9. The predicted molar refractivity (Wildman–Crippen MR) is 84.6 cm³/mol. The molecular formula is C14H13N5O3S. The number of methoxy groups -OCH3 is 1. The van der Waals surface area contributed by atoms with Crippen LogP contribution in [0, 0.1) is 0 Å². The highest BCUT2D eigenvalue weighted by Gasteiger charge is 2.20. The molecule has 0 saturated heterocycles. The van der Waals surface area contributed by atoms with Crippen molar-refractivity contribution in [2.24, 2.45) is 0 Å². The first-order valence-corrected chi connectivity index (χ1v) is 7.99. The monoisotopic (exact) mass is 331 g/mol. The lowest BCUT2D eigenvalue weighted by Gasteiger charge is -2.07. The highest BCUT2D eigenvalue weighted by atomic mass is 32.2. The van der Waals surface area contributed by atoms with Crippen LogP contribution in [0.5, 0.6) is 5.75 Å². The molecule has 0 atom stereocenters. The lowest BCUT2D eigenvalue weighted by molar-refractivity contribution is 0.414. The third-order valence-electron chi connectivity index (χ3n) is 3.21. The average molecular weight is 331 g/mol. The van der Waals surface area contributed by atoms with Crippen LogP contribution >= 0.6 is 0 Å². The number of hydrogen-bond donors (Lipinski definition) is 2. The van der Waals surface area contributed by atoms with E-state index in [9.17, 15) is 8.42 Å². The summed E-state index contributed by atoms with van der Waals surface area (Å²) in [6, 6.07) is 8.87. The molecule has 1 aromatic carbocycles. The van der Waals surface area contributed by atoms with Crippen molar-refractivity contribution in [1.82, 2.24) is 15.0 Å². The van der Waals surface area contributed by atoms with Crippen molar-refractivity contribution >= 4 is 32.6 Å². The van der Waals surface area contributed by atoms with Crippen LogP contribution in [0.4, 0.5) is 11.8 Å². The van der Waals surface area contributed by atoms with Crippen LogP contribution in [-0.4, -0.2) is 30.5 Å². The van der Waals surface area contributed by atoms with Crippen molar-refractivity contribution in [2.45, 2.75) is 9.92 Å². The number of ether oxygens (including phenoxy) is 1. The van der Waals surface area contributed by atoms with Gasteiger partial charge < -0.3 is 16.2 Å². The topological polar surface area (TPSA) is 134 Å². The van der Waals surface area contributed by atoms with Crippen LogP contribution < -0.4 is 16.2 Å². The highest BCUT2D eigenvalue weighted by molar-refractivity contribution is 7.91. The summed E-state index contributed by atoms with van der Waals surface area (Å²) >= 11 is 0. The summed E-state index contributed by atoms with van der Waals surface area (Å²) in [6.07, 6.45) is 0. The van der Waals surface area contributed by atoms with Crippen LogP contribution in [0.25, 0.3) is 11.0 Å². The second-order valence-electron chi connectivity index (χ2n) is 4.66. The van der Waals surface area contributed by atoms with Crippen LogP contribution in [0.15, 0.2) is 46.3 Å². The minimum atomic E-state index is -3.79. The Labute approximate surface area is 132 Å². The number of rotatable bonds is 3. The highest BCUT2D eigenvalue weighted by Crippen LogP contribution is 2.24. The molecule has 0 amide bonds. The van der Waals surface area contributed by atoms with Gasteiger partial charge in [0.25, 0.3) is 0 Å². The maximum absolute atomic E-state index is 12.6. The number of anilines is 2. The lowest BCUT2D eigenvalue weighted by atomic mass is 10.3. The van der Waals surface area contributed by atoms with Gasteiger partial charge in [0.1, 0.15) is 11.3 Å². The molecule has 118 valence electrons. The van der Waals surface area contributed by atoms with Gasteiger partial charge in [-0.2, -0.15) is 4.98 Å². The van der Waals surface area contributed by atoms with E-state index >= 15 is 0 Å². The minimum Gasteiger partial charge on any atom is -0.497 e. The van der Waals surface area contributed by atoms with Crippen molar-refractivity contribution in [3.8, 4) is 5.75 Å². The molecule has 0 aliphatic heterocycles. The number of aromatic nitrogens is 3. The van der Waals surface area contributed by atoms with E-state index in [1.54, 1.807) is 12.1 Å². The molecule has 0 radical (unpaired) electrons. The van der Waals surface area contributed by atoms with Crippen LogP contribution in [0.2, 0.25) is 0 Å². The van der Waals surface area contributed by atoms with Gasteiger partial charge in [0, 0.05) is 0 Å². The van der Waals surface area contributed by atoms with Gasteiger partial charge in [-0.05, 0) is 36.4 Å². The molecule has 4 N–H and O–H groups in total. The Morgan fingerprint density at radius 3 is 2.30 bits per heavy atom. The van der Waals surface area contributed by atoms with E-state index in [0.717, 1.165) is 0 Å². The van der Waals surface area contributed by atoms with Gasteiger partial charge in [0.15, 0.2) is 10.8 Å². The van der Waals surface area contributed by atoms with Gasteiger partial charge in [-0.1, -0.05) is 0 Å². The molecule has 0 unspecified atom stereocenters. The van der Waals surface area contributed by atoms with Crippen LogP contribution in [0.1, 0.15) is 0 Å². The summed E-state index contributed by atoms with van der Waals surface area (Å²) in [5.41, 5.74) is 11.8. The molecule has 8 nitrogen and oxygen atoms in total. The normalized spacial score (nSPS) is 11.5. The fourth-order valence-corrected chi connectivity index (χ4v) is 3.26. The Morgan fingerprint density at radius 1 is 0.957 bits per heavy atom. The largest absolute Gasteiger partial charge is 0.497 e. The number of pyridine rings is 1. The Hall–Kier alpha value is -2.94. The fraction of sp³-hybridized carbons (Fsp3) is 0.0714. The number of hydrogen-bond acceptors (Lipinski definition) is 8. The standard InChI is InChI=1S/C14H13N5O3S/c1-22-8-2-4-9(5-3-8)23(20,21)11-7-6-10-12(18-11)13(15)19-14(16)17-10/h2-7H,1H3,(H4,15,16,17,19). The molecular weight excluding hydrogens is 318 g/mol. The van der Waals surface area contributed by atoms with E-state index < -0.39 is 9.84 Å². The molecule has 3 aromatic rings. The van der Waals surface area contributed by atoms with Crippen molar-refractivity contribution in [2.75, 3.05) is 18.6 Å². The molecule has 0 bridgehead atoms. The summed E-state index contributed by atoms with van der Waals surface area (Å²) in [6.45, 7) is 0. The fourth-order valence-electron chi connectivity index (χ4n) is 2.06. The lowest BCUT2D eigenvalue weighted by Crippen LogP contribution is -2.07. The Kier molecular flexibility index (Phi) is 3.49. The van der Waals surface area contributed by atoms with E-state index in [0.29, 0.717) is 11.3 Å². The number of nitrogen functional groups attached to an aromatic ring is 2. The minimum absolute atomic E-state index is 0.00237. The predicted octanol–water partition coefficient (Wildman–Crippen LogP) is 1.03. The number of sulfone groups is 1. The Bertz CT molecular complexity index is 987. The Morgan fingerprint density at radius 2 is 1.65 bits per heavy atom. The van der Waals surface area contributed by atoms with Crippen molar-refractivity contribution in [1.29, 1.82) is 0 Å². The summed E-state index contributed by atoms with van der Waals surface area (Å²) in [5, 5.41) is -0.143. The molecule has 2 heterocycles. The molecule has 9 heteroatoms. The Balaban J connectivity index is 2.14. The zero-order valence-electron chi connectivity index (χ0n) is 12.1. The summed E-state index contributed by atoms with van der Waals surface area (Å²) < 4.78 is 30.3.